The molecule has 3 rings (SSSR count). The molecule has 2 aliphatic heterocycles. The monoisotopic (exact) mass is 277 g/mol. The Hall–Kier alpha value is -0.940. The first kappa shape index (κ1) is 14.0. The van der Waals surface area contributed by atoms with Gasteiger partial charge in [-0.05, 0) is 32.3 Å². The van der Waals surface area contributed by atoms with Crippen LogP contribution >= 0.6 is 0 Å². The molecule has 0 saturated carbocycles. The summed E-state index contributed by atoms with van der Waals surface area (Å²) in [6, 6.07) is 10.6. The van der Waals surface area contributed by atoms with Gasteiger partial charge in [-0.3, -0.25) is 0 Å². The molecule has 0 bridgehead atoms. The van der Waals surface area contributed by atoms with Crippen molar-refractivity contribution in [3.05, 3.63) is 35.9 Å². The van der Waals surface area contributed by atoms with Crippen LogP contribution in [0.2, 0.25) is 0 Å². The number of aliphatic hydroxyl groups excluding tert-OH is 1. The van der Waals surface area contributed by atoms with Crippen molar-refractivity contribution in [1.82, 2.24) is 5.32 Å². The quantitative estimate of drug-likeness (QED) is 0.868. The van der Waals surface area contributed by atoms with Crippen LogP contribution < -0.4 is 5.32 Å². The lowest BCUT2D eigenvalue weighted by molar-refractivity contribution is -0.144. The summed E-state index contributed by atoms with van der Waals surface area (Å²) in [4.78, 5) is 0. The Morgan fingerprint density at radius 3 is 2.60 bits per heavy atom. The van der Waals surface area contributed by atoms with Crippen molar-refractivity contribution in [2.75, 3.05) is 6.61 Å². The lowest BCUT2D eigenvalue weighted by Gasteiger charge is -2.37. The smallest absolute Gasteiger partial charge is 0.163 e. The van der Waals surface area contributed by atoms with Crippen LogP contribution in [0.3, 0.4) is 0 Å². The number of ether oxygens (including phenoxy) is 2. The van der Waals surface area contributed by atoms with Gasteiger partial charge >= 0.3 is 0 Å². The third-order valence-electron chi connectivity index (χ3n) is 4.13. The zero-order valence-corrected chi connectivity index (χ0v) is 12.1. The highest BCUT2D eigenvalue weighted by molar-refractivity contribution is 5.20. The zero-order chi connectivity index (χ0) is 14.2. The number of benzene rings is 1. The van der Waals surface area contributed by atoms with E-state index in [2.05, 4.69) is 17.4 Å². The van der Waals surface area contributed by atoms with Crippen molar-refractivity contribution in [3.63, 3.8) is 0 Å². The molecule has 2 saturated heterocycles. The van der Waals surface area contributed by atoms with Crippen molar-refractivity contribution < 1.29 is 14.6 Å². The maximum atomic E-state index is 10.2. The van der Waals surface area contributed by atoms with Crippen molar-refractivity contribution in [3.8, 4) is 0 Å². The Morgan fingerprint density at radius 1 is 1.20 bits per heavy atom. The van der Waals surface area contributed by atoms with Crippen LogP contribution in [0.15, 0.2) is 30.3 Å². The predicted octanol–water partition coefficient (Wildman–Crippen LogP) is 1.99. The SMILES string of the molecule is CC1(C)OC[C@H]([C@H]2C[C@@H](O)C[C@@H](c3ccccc3)N2)O1. The summed E-state index contributed by atoms with van der Waals surface area (Å²) < 4.78 is 11.6. The van der Waals surface area contributed by atoms with Gasteiger partial charge in [0, 0.05) is 12.1 Å². The first-order valence-electron chi connectivity index (χ1n) is 7.34. The van der Waals surface area contributed by atoms with Gasteiger partial charge in [-0.15, -0.1) is 0 Å². The molecule has 0 amide bonds. The fourth-order valence-corrected chi connectivity index (χ4v) is 3.15. The normalized spacial score (nSPS) is 37.0. The molecule has 2 heterocycles. The second kappa shape index (κ2) is 5.45. The Labute approximate surface area is 120 Å². The molecule has 2 N–H and O–H groups in total. The van der Waals surface area contributed by atoms with Crippen LogP contribution in [0.1, 0.15) is 38.3 Å². The van der Waals surface area contributed by atoms with Crippen LogP contribution in [0, 0.1) is 0 Å². The van der Waals surface area contributed by atoms with Crippen LogP contribution in [-0.4, -0.2) is 35.8 Å². The molecule has 2 fully saturated rings. The van der Waals surface area contributed by atoms with Crippen molar-refractivity contribution in [2.45, 2.75) is 56.8 Å². The van der Waals surface area contributed by atoms with Gasteiger partial charge in [0.05, 0.1) is 18.8 Å². The molecule has 2 aliphatic rings. The summed E-state index contributed by atoms with van der Waals surface area (Å²) in [5.74, 6) is -0.517. The molecule has 1 aromatic rings. The Morgan fingerprint density at radius 2 is 1.95 bits per heavy atom. The van der Waals surface area contributed by atoms with E-state index in [-0.39, 0.29) is 24.3 Å². The van der Waals surface area contributed by atoms with Crippen LogP contribution in [0.25, 0.3) is 0 Å². The third kappa shape index (κ3) is 3.04. The molecular formula is C16H23NO3. The van der Waals surface area contributed by atoms with E-state index in [4.69, 9.17) is 9.47 Å². The summed E-state index contributed by atoms with van der Waals surface area (Å²) >= 11 is 0. The molecule has 0 spiro atoms. The van der Waals surface area contributed by atoms with E-state index in [0.29, 0.717) is 13.0 Å². The highest BCUT2D eigenvalue weighted by Gasteiger charge is 2.40. The second-order valence-electron chi connectivity index (χ2n) is 6.23. The van der Waals surface area contributed by atoms with Crippen molar-refractivity contribution >= 4 is 0 Å². The molecule has 0 radical (unpaired) electrons. The third-order valence-corrected chi connectivity index (χ3v) is 4.13. The number of piperidine rings is 1. The summed E-state index contributed by atoms with van der Waals surface area (Å²) in [5, 5.41) is 13.8. The molecule has 4 atom stereocenters. The number of nitrogens with one attached hydrogen (secondary N) is 1. The summed E-state index contributed by atoms with van der Waals surface area (Å²) in [5.41, 5.74) is 1.22. The van der Waals surface area contributed by atoms with E-state index < -0.39 is 5.79 Å². The lowest BCUT2D eigenvalue weighted by atomic mass is 9.89. The van der Waals surface area contributed by atoms with Gasteiger partial charge in [0.2, 0.25) is 0 Å². The van der Waals surface area contributed by atoms with Gasteiger partial charge in [0.25, 0.3) is 0 Å². The summed E-state index contributed by atoms with van der Waals surface area (Å²) in [6.45, 7) is 4.45. The van der Waals surface area contributed by atoms with Gasteiger partial charge in [-0.1, -0.05) is 30.3 Å². The molecule has 1 aromatic carbocycles. The highest BCUT2D eigenvalue weighted by atomic mass is 16.7. The van der Waals surface area contributed by atoms with Gasteiger partial charge in [0.15, 0.2) is 5.79 Å². The molecule has 0 aromatic heterocycles. The second-order valence-corrected chi connectivity index (χ2v) is 6.23. The minimum Gasteiger partial charge on any atom is -0.393 e. The maximum Gasteiger partial charge on any atom is 0.163 e. The average Bonchev–Trinajstić information content (AvgIpc) is 2.79. The molecule has 4 nitrogen and oxygen atoms in total. The summed E-state index contributed by atoms with van der Waals surface area (Å²) in [7, 11) is 0. The lowest BCUT2D eigenvalue weighted by Crippen LogP contribution is -2.50. The molecule has 20 heavy (non-hydrogen) atoms. The number of hydrogen-bond acceptors (Lipinski definition) is 4. The van der Waals surface area contributed by atoms with Crippen molar-refractivity contribution in [1.29, 1.82) is 0 Å². The van der Waals surface area contributed by atoms with E-state index in [1.54, 1.807) is 0 Å². The van der Waals surface area contributed by atoms with Crippen LogP contribution in [0.4, 0.5) is 0 Å². The Balaban J connectivity index is 1.71. The van der Waals surface area contributed by atoms with Crippen LogP contribution in [0.5, 0.6) is 0 Å². The minimum atomic E-state index is -0.517. The number of aliphatic hydroxyl groups is 1. The van der Waals surface area contributed by atoms with Crippen LogP contribution in [-0.2, 0) is 9.47 Å². The van der Waals surface area contributed by atoms with E-state index in [1.807, 2.05) is 32.0 Å². The molecule has 4 heteroatoms. The fourth-order valence-electron chi connectivity index (χ4n) is 3.15. The van der Waals surface area contributed by atoms with E-state index in [0.717, 1.165) is 6.42 Å². The van der Waals surface area contributed by atoms with Crippen molar-refractivity contribution in [2.24, 2.45) is 0 Å². The maximum absolute atomic E-state index is 10.2. The largest absolute Gasteiger partial charge is 0.393 e. The fraction of sp³-hybridized carbons (Fsp3) is 0.625. The number of rotatable bonds is 2. The Kier molecular flexibility index (Phi) is 3.82. The molecule has 0 unspecified atom stereocenters. The number of hydrogen-bond donors (Lipinski definition) is 2. The van der Waals surface area contributed by atoms with E-state index in [9.17, 15) is 5.11 Å². The minimum absolute atomic E-state index is 0.00571. The van der Waals surface area contributed by atoms with E-state index in [1.165, 1.54) is 5.56 Å². The van der Waals surface area contributed by atoms with Gasteiger partial charge in [-0.2, -0.15) is 0 Å². The van der Waals surface area contributed by atoms with Gasteiger partial charge < -0.3 is 19.9 Å². The first-order valence-corrected chi connectivity index (χ1v) is 7.34. The predicted molar refractivity (Wildman–Crippen MR) is 76.3 cm³/mol. The topological polar surface area (TPSA) is 50.7 Å². The summed E-state index contributed by atoms with van der Waals surface area (Å²) in [6.07, 6.45) is 1.18. The Bertz CT molecular complexity index is 448. The molecular weight excluding hydrogens is 254 g/mol. The molecule has 110 valence electrons. The first-order chi connectivity index (χ1) is 9.53. The molecule has 0 aliphatic carbocycles. The van der Waals surface area contributed by atoms with E-state index >= 15 is 0 Å². The highest BCUT2D eigenvalue weighted by Crippen LogP contribution is 2.32. The average molecular weight is 277 g/mol. The standard InChI is InChI=1S/C16H23NO3/c1-16(2)19-10-15(20-16)14-9-12(18)8-13(17-14)11-6-4-3-5-7-11/h3-7,12-15,17-18H,8-10H2,1-2H3/t12-,13-,14+,15+/m0/s1. The van der Waals surface area contributed by atoms with Gasteiger partial charge in [-0.25, -0.2) is 0 Å². The zero-order valence-electron chi connectivity index (χ0n) is 12.1. The van der Waals surface area contributed by atoms with Gasteiger partial charge in [0.1, 0.15) is 0 Å².